The van der Waals surface area contributed by atoms with Gasteiger partial charge < -0.3 is 20.1 Å². The van der Waals surface area contributed by atoms with Crippen LogP contribution in [0.15, 0.2) is 29.3 Å². The number of ether oxygens (including phenoxy) is 1. The van der Waals surface area contributed by atoms with Crippen LogP contribution < -0.4 is 5.32 Å². The van der Waals surface area contributed by atoms with Crippen molar-refractivity contribution < 1.29 is 14.6 Å². The van der Waals surface area contributed by atoms with Crippen molar-refractivity contribution in [2.75, 3.05) is 26.7 Å². The second kappa shape index (κ2) is 9.71. The van der Waals surface area contributed by atoms with Gasteiger partial charge in [0.15, 0.2) is 5.96 Å². The van der Waals surface area contributed by atoms with E-state index in [1.165, 1.54) is 7.11 Å². The zero-order valence-electron chi connectivity index (χ0n) is 14.4. The molecule has 2 rings (SSSR count). The Labute approximate surface area is 160 Å². The summed E-state index contributed by atoms with van der Waals surface area (Å²) in [6.07, 6.45) is 0. The lowest BCUT2D eigenvalue weighted by Crippen LogP contribution is -2.40. The zero-order valence-corrected chi connectivity index (χ0v) is 16.7. The number of rotatable bonds is 4. The van der Waals surface area contributed by atoms with Crippen LogP contribution in [-0.2, 0) is 16.1 Å². The first-order chi connectivity index (χ1) is 11.0. The van der Waals surface area contributed by atoms with E-state index in [9.17, 15) is 9.90 Å². The Kier molecular flexibility index (Phi) is 8.30. The van der Waals surface area contributed by atoms with Crippen molar-refractivity contribution in [1.82, 2.24) is 10.2 Å². The van der Waals surface area contributed by atoms with Crippen molar-refractivity contribution >= 4 is 35.9 Å². The number of likely N-dealkylation sites (tertiary alicyclic amines) is 1. The van der Waals surface area contributed by atoms with E-state index >= 15 is 0 Å². The molecule has 1 fully saturated rings. The highest BCUT2D eigenvalue weighted by Crippen LogP contribution is 2.24. The second-order valence-corrected chi connectivity index (χ2v) is 5.85. The lowest BCUT2D eigenvalue weighted by Gasteiger charge is -2.21. The van der Waals surface area contributed by atoms with E-state index in [-0.39, 0.29) is 47.5 Å². The lowest BCUT2D eigenvalue weighted by molar-refractivity contribution is -0.145. The fraction of sp³-hybridized carbons (Fsp3) is 0.529. The monoisotopic (exact) mass is 447 g/mol. The molecule has 0 radical (unpaired) electrons. The molecular weight excluding hydrogens is 421 g/mol. The van der Waals surface area contributed by atoms with Crippen LogP contribution in [0.3, 0.4) is 0 Å². The van der Waals surface area contributed by atoms with E-state index < -0.39 is 0 Å². The van der Waals surface area contributed by atoms with E-state index in [2.05, 4.69) is 22.1 Å². The maximum atomic E-state index is 11.8. The number of nitrogens with one attached hydrogen (secondary N) is 1. The minimum absolute atomic E-state index is 0. The van der Waals surface area contributed by atoms with Crippen LogP contribution in [0.2, 0.25) is 0 Å². The molecular formula is C17H26IN3O3. The predicted octanol–water partition coefficient (Wildman–Crippen LogP) is 2.22. The molecule has 6 nitrogen and oxygen atoms in total. The number of carbonyl (C=O) groups excluding carboxylic acids is 1. The van der Waals surface area contributed by atoms with Gasteiger partial charge in [-0.15, -0.1) is 24.0 Å². The van der Waals surface area contributed by atoms with Crippen LogP contribution in [-0.4, -0.2) is 48.7 Å². The molecule has 1 saturated heterocycles. The number of carbonyl (C=O) groups is 1. The minimum atomic E-state index is -0.158. The number of aliphatic imine (C=N–C) groups is 1. The van der Waals surface area contributed by atoms with Gasteiger partial charge in [0.05, 0.1) is 19.6 Å². The van der Waals surface area contributed by atoms with Gasteiger partial charge in [-0.05, 0) is 30.5 Å². The van der Waals surface area contributed by atoms with Crippen molar-refractivity contribution in [1.29, 1.82) is 0 Å². The molecule has 7 heteroatoms. The topological polar surface area (TPSA) is 74.2 Å². The van der Waals surface area contributed by atoms with Crippen LogP contribution in [0.25, 0.3) is 0 Å². The summed E-state index contributed by atoms with van der Waals surface area (Å²) in [6.45, 7) is 6.77. The second-order valence-electron chi connectivity index (χ2n) is 5.85. The molecule has 1 aromatic carbocycles. The Hall–Kier alpha value is -1.51. The van der Waals surface area contributed by atoms with Crippen LogP contribution in [0.1, 0.15) is 19.4 Å². The van der Waals surface area contributed by atoms with Crippen LogP contribution in [0, 0.1) is 11.8 Å². The molecule has 0 spiro atoms. The number of phenolic OH excluding ortho intramolecular Hbond substituents is 1. The van der Waals surface area contributed by atoms with Gasteiger partial charge in [0.2, 0.25) is 0 Å². The summed E-state index contributed by atoms with van der Waals surface area (Å²) in [5.41, 5.74) is 1.02. The summed E-state index contributed by atoms with van der Waals surface area (Å²) in [7, 11) is 1.43. The van der Waals surface area contributed by atoms with Crippen molar-refractivity contribution in [2.24, 2.45) is 16.8 Å². The number of nitrogens with zero attached hydrogens (tertiary/aromatic N) is 2. The number of esters is 1. The number of hydrogen-bond donors (Lipinski definition) is 2. The Morgan fingerprint density at radius 1 is 1.38 bits per heavy atom. The molecule has 0 amide bonds. The van der Waals surface area contributed by atoms with Gasteiger partial charge >= 0.3 is 5.97 Å². The Morgan fingerprint density at radius 3 is 2.62 bits per heavy atom. The first-order valence-electron chi connectivity index (χ1n) is 7.94. The van der Waals surface area contributed by atoms with Crippen LogP contribution in [0.4, 0.5) is 0 Å². The first-order valence-corrected chi connectivity index (χ1v) is 7.94. The van der Waals surface area contributed by atoms with Gasteiger partial charge in [0.25, 0.3) is 0 Å². The fourth-order valence-electron chi connectivity index (χ4n) is 2.79. The molecule has 1 aliphatic heterocycles. The van der Waals surface area contributed by atoms with E-state index in [0.717, 1.165) is 24.6 Å². The number of benzene rings is 1. The summed E-state index contributed by atoms with van der Waals surface area (Å²) >= 11 is 0. The quantitative estimate of drug-likeness (QED) is 0.321. The molecule has 134 valence electrons. The molecule has 0 bridgehead atoms. The normalized spacial score (nSPS) is 20.5. The SMILES string of the molecule is CCNC(=NCc1ccc(O)cc1)N1CC(C)C(C(=O)OC)C1.I. The number of methoxy groups -OCH3 is 1. The third kappa shape index (κ3) is 5.25. The van der Waals surface area contributed by atoms with Crippen molar-refractivity contribution in [3.63, 3.8) is 0 Å². The predicted molar refractivity (Wildman–Crippen MR) is 105 cm³/mol. The summed E-state index contributed by atoms with van der Waals surface area (Å²) in [5, 5.41) is 12.6. The molecule has 0 aromatic heterocycles. The van der Waals surface area contributed by atoms with Crippen molar-refractivity contribution in [3.05, 3.63) is 29.8 Å². The summed E-state index contributed by atoms with van der Waals surface area (Å²) < 4.78 is 4.88. The molecule has 0 aliphatic carbocycles. The van der Waals surface area contributed by atoms with Gasteiger partial charge in [-0.25, -0.2) is 4.99 Å². The third-order valence-corrected chi connectivity index (χ3v) is 4.10. The van der Waals surface area contributed by atoms with E-state index in [1.54, 1.807) is 12.1 Å². The third-order valence-electron chi connectivity index (χ3n) is 4.10. The molecule has 0 saturated carbocycles. The van der Waals surface area contributed by atoms with Gasteiger partial charge in [-0.2, -0.15) is 0 Å². The Bertz CT molecular complexity index is 563. The molecule has 2 unspecified atom stereocenters. The summed E-state index contributed by atoms with van der Waals surface area (Å²) in [4.78, 5) is 18.6. The van der Waals surface area contributed by atoms with Crippen molar-refractivity contribution in [3.8, 4) is 5.75 Å². The highest BCUT2D eigenvalue weighted by atomic mass is 127. The fourth-order valence-corrected chi connectivity index (χ4v) is 2.79. The van der Waals surface area contributed by atoms with Crippen molar-refractivity contribution in [2.45, 2.75) is 20.4 Å². The van der Waals surface area contributed by atoms with Crippen LogP contribution >= 0.6 is 24.0 Å². The highest BCUT2D eigenvalue weighted by Gasteiger charge is 2.36. The molecule has 1 aliphatic rings. The molecule has 2 N–H and O–H groups in total. The largest absolute Gasteiger partial charge is 0.508 e. The standard InChI is InChI=1S/C17H25N3O3.HI/c1-4-18-17(19-9-13-5-7-14(21)8-6-13)20-10-12(2)15(11-20)16(22)23-3;/h5-8,12,15,21H,4,9-11H2,1-3H3,(H,18,19);1H. The number of halogens is 1. The Morgan fingerprint density at radius 2 is 2.04 bits per heavy atom. The minimum Gasteiger partial charge on any atom is -0.508 e. The number of guanidine groups is 1. The summed E-state index contributed by atoms with van der Waals surface area (Å²) in [6, 6.07) is 7.02. The maximum absolute atomic E-state index is 11.8. The lowest BCUT2D eigenvalue weighted by atomic mass is 9.99. The van der Waals surface area contributed by atoms with Gasteiger partial charge in [0, 0.05) is 19.6 Å². The summed E-state index contributed by atoms with van der Waals surface area (Å²) in [5.74, 6) is 1.02. The highest BCUT2D eigenvalue weighted by molar-refractivity contribution is 14.0. The molecule has 24 heavy (non-hydrogen) atoms. The average molecular weight is 447 g/mol. The van der Waals surface area contributed by atoms with E-state index in [4.69, 9.17) is 4.74 Å². The van der Waals surface area contributed by atoms with E-state index in [0.29, 0.717) is 13.1 Å². The number of hydrogen-bond acceptors (Lipinski definition) is 4. The number of aromatic hydroxyl groups is 1. The van der Waals surface area contributed by atoms with Gasteiger partial charge in [-0.1, -0.05) is 19.1 Å². The molecule has 2 atom stereocenters. The van der Waals surface area contributed by atoms with Crippen LogP contribution in [0.5, 0.6) is 5.75 Å². The molecule has 1 heterocycles. The zero-order chi connectivity index (χ0) is 16.8. The maximum Gasteiger partial charge on any atom is 0.310 e. The van der Waals surface area contributed by atoms with Gasteiger partial charge in [0.1, 0.15) is 5.75 Å². The van der Waals surface area contributed by atoms with E-state index in [1.807, 2.05) is 19.1 Å². The first kappa shape index (κ1) is 20.5. The number of phenols is 1. The average Bonchev–Trinajstić information content (AvgIpc) is 2.94. The van der Waals surface area contributed by atoms with Gasteiger partial charge in [-0.3, -0.25) is 4.79 Å². The smallest absolute Gasteiger partial charge is 0.310 e. The molecule has 1 aromatic rings. The Balaban J connectivity index is 0.00000288.